The van der Waals surface area contributed by atoms with Gasteiger partial charge in [-0.2, -0.15) is 0 Å². The number of hydrogen-bond donors (Lipinski definition) is 1. The fraction of sp³-hybridized carbons (Fsp3) is 0.667. The predicted octanol–water partition coefficient (Wildman–Crippen LogP) is -1.55. The molecule has 0 heterocycles. The van der Waals surface area contributed by atoms with Crippen molar-refractivity contribution < 1.29 is 22.7 Å². The summed E-state index contributed by atoms with van der Waals surface area (Å²) in [6, 6.07) is 0. The molecule has 1 unspecified atom stereocenters. The summed E-state index contributed by atoms with van der Waals surface area (Å²) in [4.78, 5) is 20.9. The molecule has 0 fully saturated rings. The lowest BCUT2D eigenvalue weighted by molar-refractivity contribution is -0.141. The number of amides is 1. The molecule has 0 saturated heterocycles. The van der Waals surface area contributed by atoms with Gasteiger partial charge >= 0.3 is 5.97 Å². The van der Waals surface area contributed by atoms with Crippen molar-refractivity contribution in [3.63, 3.8) is 0 Å². The van der Waals surface area contributed by atoms with Gasteiger partial charge in [0.1, 0.15) is 6.61 Å². The first kappa shape index (κ1) is 11.9. The van der Waals surface area contributed by atoms with E-state index in [1.165, 1.54) is 0 Å². The summed E-state index contributed by atoms with van der Waals surface area (Å²) < 4.78 is 26.2. The van der Waals surface area contributed by atoms with E-state index in [1.54, 1.807) is 0 Å². The number of sulfone groups is 1. The van der Waals surface area contributed by atoms with E-state index in [-0.39, 0.29) is 0 Å². The van der Waals surface area contributed by atoms with Crippen molar-refractivity contribution in [3.05, 3.63) is 0 Å². The van der Waals surface area contributed by atoms with Crippen LogP contribution in [0.1, 0.15) is 6.92 Å². The second-order valence-corrected chi connectivity index (χ2v) is 4.75. The molecule has 0 spiro atoms. The number of hydrogen-bond acceptors (Lipinski definition) is 5. The van der Waals surface area contributed by atoms with E-state index in [0.717, 1.165) is 13.2 Å². The molecule has 0 aliphatic rings. The van der Waals surface area contributed by atoms with E-state index in [0.29, 0.717) is 0 Å². The highest BCUT2D eigenvalue weighted by Gasteiger charge is 2.27. The quantitative estimate of drug-likeness (QED) is 0.564. The fourth-order valence-electron chi connectivity index (χ4n) is 0.610. The second-order valence-electron chi connectivity index (χ2n) is 2.52. The van der Waals surface area contributed by atoms with Crippen LogP contribution in [0.15, 0.2) is 0 Å². The maximum absolute atomic E-state index is 10.9. The van der Waals surface area contributed by atoms with E-state index in [2.05, 4.69) is 4.74 Å². The Balaban J connectivity index is 4.47. The summed E-state index contributed by atoms with van der Waals surface area (Å²) in [7, 11) is -3.61. The molecule has 0 aromatic heterocycles. The molecule has 0 aliphatic heterocycles. The van der Waals surface area contributed by atoms with E-state index in [9.17, 15) is 18.0 Å². The van der Waals surface area contributed by atoms with Crippen LogP contribution in [-0.2, 0) is 24.2 Å². The molecule has 0 saturated carbocycles. The van der Waals surface area contributed by atoms with E-state index in [1.807, 2.05) is 0 Å². The van der Waals surface area contributed by atoms with Gasteiger partial charge in [-0.25, -0.2) is 8.42 Å². The number of carbonyl (C=O) groups is 2. The van der Waals surface area contributed by atoms with Gasteiger partial charge < -0.3 is 10.5 Å². The Morgan fingerprint density at radius 2 is 1.92 bits per heavy atom. The summed E-state index contributed by atoms with van der Waals surface area (Å²) >= 11 is 0. The second kappa shape index (κ2) is 4.22. The van der Waals surface area contributed by atoms with Crippen molar-refractivity contribution in [2.45, 2.75) is 12.2 Å². The van der Waals surface area contributed by atoms with Crippen molar-refractivity contribution >= 4 is 21.7 Å². The SMILES string of the molecule is CC(=O)OCC(C(N)=O)S(C)(=O)=O. The molecule has 0 aliphatic carbocycles. The zero-order valence-electron chi connectivity index (χ0n) is 7.31. The van der Waals surface area contributed by atoms with Gasteiger partial charge in [0.15, 0.2) is 15.1 Å². The van der Waals surface area contributed by atoms with Crippen LogP contribution in [0.5, 0.6) is 0 Å². The highest BCUT2D eigenvalue weighted by atomic mass is 32.2. The fourth-order valence-corrected chi connectivity index (χ4v) is 1.35. The minimum Gasteiger partial charge on any atom is -0.464 e. The third-order valence-corrected chi connectivity index (χ3v) is 2.67. The van der Waals surface area contributed by atoms with Crippen LogP contribution >= 0.6 is 0 Å². The van der Waals surface area contributed by atoms with Gasteiger partial charge in [-0.1, -0.05) is 0 Å². The molecule has 7 heteroatoms. The molecule has 0 bridgehead atoms. The molecule has 76 valence electrons. The first-order valence-corrected chi connectivity index (χ1v) is 5.32. The van der Waals surface area contributed by atoms with Gasteiger partial charge in [-0.3, -0.25) is 9.59 Å². The third-order valence-electron chi connectivity index (χ3n) is 1.27. The van der Waals surface area contributed by atoms with Crippen molar-refractivity contribution in [1.82, 2.24) is 0 Å². The third kappa shape index (κ3) is 4.46. The Bertz CT molecular complexity index is 307. The number of carbonyl (C=O) groups excluding carboxylic acids is 2. The number of esters is 1. The maximum atomic E-state index is 10.9. The van der Waals surface area contributed by atoms with Crippen LogP contribution in [0.3, 0.4) is 0 Å². The van der Waals surface area contributed by atoms with Gasteiger partial charge in [-0.15, -0.1) is 0 Å². The zero-order valence-corrected chi connectivity index (χ0v) is 8.13. The average Bonchev–Trinajstić information content (AvgIpc) is 1.81. The van der Waals surface area contributed by atoms with Gasteiger partial charge in [0.05, 0.1) is 0 Å². The zero-order chi connectivity index (χ0) is 10.6. The molecule has 1 amide bonds. The number of ether oxygens (including phenoxy) is 1. The normalized spacial score (nSPS) is 13.4. The van der Waals surface area contributed by atoms with Gasteiger partial charge in [-0.05, 0) is 0 Å². The van der Waals surface area contributed by atoms with Crippen molar-refractivity contribution in [2.75, 3.05) is 12.9 Å². The summed E-state index contributed by atoms with van der Waals surface area (Å²) in [5.41, 5.74) is 4.80. The van der Waals surface area contributed by atoms with E-state index < -0.39 is 33.6 Å². The molecule has 0 aromatic rings. The Morgan fingerprint density at radius 3 is 2.15 bits per heavy atom. The minimum atomic E-state index is -3.61. The number of primary amides is 1. The molecular weight excluding hydrogens is 198 g/mol. The summed E-state index contributed by atoms with van der Waals surface area (Å²) in [6.07, 6.45) is 0.853. The topological polar surface area (TPSA) is 104 Å². The Kier molecular flexibility index (Phi) is 3.86. The Labute approximate surface area is 76.0 Å². The van der Waals surface area contributed by atoms with Gasteiger partial charge in [0.25, 0.3) is 0 Å². The summed E-state index contributed by atoms with van der Waals surface area (Å²) in [6.45, 7) is 0.587. The highest BCUT2D eigenvalue weighted by Crippen LogP contribution is 1.99. The lowest BCUT2D eigenvalue weighted by atomic mass is 10.4. The van der Waals surface area contributed by atoms with Crippen molar-refractivity contribution in [1.29, 1.82) is 0 Å². The maximum Gasteiger partial charge on any atom is 0.302 e. The largest absolute Gasteiger partial charge is 0.464 e. The lowest BCUT2D eigenvalue weighted by Crippen LogP contribution is -2.39. The minimum absolute atomic E-state index is 0.524. The number of rotatable bonds is 4. The van der Waals surface area contributed by atoms with Crippen LogP contribution in [0.25, 0.3) is 0 Å². The Morgan fingerprint density at radius 1 is 1.46 bits per heavy atom. The molecular formula is C6H11NO5S. The molecule has 0 rings (SSSR count). The van der Waals surface area contributed by atoms with E-state index >= 15 is 0 Å². The van der Waals surface area contributed by atoms with Gasteiger partial charge in [0.2, 0.25) is 5.91 Å². The van der Waals surface area contributed by atoms with Crippen LogP contribution < -0.4 is 5.73 Å². The summed E-state index contributed by atoms with van der Waals surface area (Å²) in [5.74, 6) is -1.68. The predicted molar refractivity (Wildman–Crippen MR) is 44.5 cm³/mol. The molecule has 2 N–H and O–H groups in total. The molecule has 0 aromatic carbocycles. The van der Waals surface area contributed by atoms with Gasteiger partial charge in [0, 0.05) is 13.2 Å². The standard InChI is InChI=1S/C6H11NO5S/c1-4(8)12-3-5(6(7)9)13(2,10)11/h5H,3H2,1-2H3,(H2,7,9). The lowest BCUT2D eigenvalue weighted by Gasteiger charge is -2.10. The Hall–Kier alpha value is -1.11. The molecule has 1 atom stereocenters. The van der Waals surface area contributed by atoms with Crippen LogP contribution in [0.2, 0.25) is 0 Å². The highest BCUT2D eigenvalue weighted by molar-refractivity contribution is 7.92. The van der Waals surface area contributed by atoms with Crippen LogP contribution in [0.4, 0.5) is 0 Å². The first-order chi connectivity index (χ1) is 5.75. The van der Waals surface area contributed by atoms with E-state index in [4.69, 9.17) is 5.73 Å². The van der Waals surface area contributed by atoms with Crippen molar-refractivity contribution in [3.8, 4) is 0 Å². The molecule has 13 heavy (non-hydrogen) atoms. The number of nitrogens with two attached hydrogens (primary N) is 1. The first-order valence-electron chi connectivity index (χ1n) is 3.36. The molecule has 6 nitrogen and oxygen atoms in total. The van der Waals surface area contributed by atoms with Crippen molar-refractivity contribution in [2.24, 2.45) is 5.73 Å². The van der Waals surface area contributed by atoms with Crippen LogP contribution in [0, 0.1) is 0 Å². The molecule has 0 radical (unpaired) electrons. The monoisotopic (exact) mass is 209 g/mol. The average molecular weight is 209 g/mol. The summed E-state index contributed by atoms with van der Waals surface area (Å²) in [5, 5.41) is -1.46. The van der Waals surface area contributed by atoms with Crippen LogP contribution in [-0.4, -0.2) is 38.4 Å². The smallest absolute Gasteiger partial charge is 0.302 e.